The van der Waals surface area contributed by atoms with Crippen molar-refractivity contribution < 1.29 is 18.0 Å². The number of halogens is 4. The van der Waals surface area contributed by atoms with Gasteiger partial charge in [0.25, 0.3) is 0 Å². The summed E-state index contributed by atoms with van der Waals surface area (Å²) in [5, 5.41) is 2.25. The first-order valence-electron chi connectivity index (χ1n) is 5.68. The second-order valence-corrected chi connectivity index (χ2v) is 5.46. The molecule has 0 saturated carbocycles. The first kappa shape index (κ1) is 17.1. The Balaban J connectivity index is 2.76. The molecular formula is C12H14ClF3N2OS. The number of hydrogen-bond acceptors (Lipinski definition) is 3. The smallest absolute Gasteiger partial charge is 0.323 e. The molecule has 0 heterocycles. The number of thioether (sulfide) groups is 1. The standard InChI is InChI=1S/C12H14ClF3N2OS/c1-20-5-4-9(17)11(19)18-10-3-2-7(6-8(10)13)12(14,15)16/h2-3,6,9H,4-5,17H2,1H3,(H,18,19)/t9-/m0/s1. The Morgan fingerprint density at radius 2 is 2.15 bits per heavy atom. The predicted octanol–water partition coefficient (Wildman–Crippen LogP) is 3.38. The third kappa shape index (κ3) is 4.88. The third-order valence-electron chi connectivity index (χ3n) is 2.52. The van der Waals surface area contributed by atoms with E-state index < -0.39 is 23.7 Å². The first-order valence-corrected chi connectivity index (χ1v) is 7.45. The molecule has 0 spiro atoms. The highest BCUT2D eigenvalue weighted by atomic mass is 35.5. The Morgan fingerprint density at radius 1 is 1.50 bits per heavy atom. The molecule has 1 amide bonds. The van der Waals surface area contributed by atoms with Gasteiger partial charge in [-0.3, -0.25) is 4.79 Å². The van der Waals surface area contributed by atoms with E-state index in [9.17, 15) is 18.0 Å². The molecule has 0 radical (unpaired) electrons. The van der Waals surface area contributed by atoms with Crippen molar-refractivity contribution in [2.24, 2.45) is 5.73 Å². The number of alkyl halides is 3. The van der Waals surface area contributed by atoms with Gasteiger partial charge in [0.2, 0.25) is 5.91 Å². The van der Waals surface area contributed by atoms with Crippen LogP contribution in [0.15, 0.2) is 18.2 Å². The van der Waals surface area contributed by atoms with Crippen LogP contribution in [0.5, 0.6) is 0 Å². The SMILES string of the molecule is CSCC[C@H](N)C(=O)Nc1ccc(C(F)(F)F)cc1Cl. The Kier molecular flexibility index (Phi) is 6.16. The van der Waals surface area contributed by atoms with E-state index in [-0.39, 0.29) is 10.7 Å². The van der Waals surface area contributed by atoms with Crippen molar-refractivity contribution in [1.82, 2.24) is 0 Å². The van der Waals surface area contributed by atoms with Gasteiger partial charge in [-0.1, -0.05) is 11.6 Å². The summed E-state index contributed by atoms with van der Waals surface area (Å²) in [7, 11) is 0. The van der Waals surface area contributed by atoms with Gasteiger partial charge in [-0.05, 0) is 36.6 Å². The van der Waals surface area contributed by atoms with Crippen LogP contribution in [0.2, 0.25) is 5.02 Å². The number of amides is 1. The number of nitrogens with one attached hydrogen (secondary N) is 1. The van der Waals surface area contributed by atoms with Gasteiger partial charge >= 0.3 is 6.18 Å². The number of carbonyl (C=O) groups excluding carboxylic acids is 1. The fraction of sp³-hybridized carbons (Fsp3) is 0.417. The van der Waals surface area contributed by atoms with Crippen LogP contribution < -0.4 is 11.1 Å². The summed E-state index contributed by atoms with van der Waals surface area (Å²) in [4.78, 5) is 11.7. The van der Waals surface area contributed by atoms with Crippen molar-refractivity contribution in [3.05, 3.63) is 28.8 Å². The van der Waals surface area contributed by atoms with Crippen LogP contribution in [0.1, 0.15) is 12.0 Å². The lowest BCUT2D eigenvalue weighted by atomic mass is 10.2. The Bertz CT molecular complexity index is 482. The second kappa shape index (κ2) is 7.19. The Labute approximate surface area is 124 Å². The summed E-state index contributed by atoms with van der Waals surface area (Å²) in [5.41, 5.74) is 4.90. The topological polar surface area (TPSA) is 55.1 Å². The van der Waals surface area contributed by atoms with Crippen LogP contribution in [-0.2, 0) is 11.0 Å². The van der Waals surface area contributed by atoms with E-state index in [1.807, 2.05) is 6.26 Å². The first-order chi connectivity index (χ1) is 9.25. The molecule has 0 aliphatic heterocycles. The van der Waals surface area contributed by atoms with Crippen LogP contribution in [0.25, 0.3) is 0 Å². The normalized spacial score (nSPS) is 13.1. The van der Waals surface area contributed by atoms with Gasteiger partial charge in [0.15, 0.2) is 0 Å². The molecule has 0 bridgehead atoms. The van der Waals surface area contributed by atoms with Crippen molar-refractivity contribution in [2.75, 3.05) is 17.3 Å². The van der Waals surface area contributed by atoms with E-state index in [1.54, 1.807) is 11.8 Å². The summed E-state index contributed by atoms with van der Waals surface area (Å²) in [6.45, 7) is 0. The molecule has 0 aliphatic rings. The molecule has 1 aromatic carbocycles. The summed E-state index contributed by atoms with van der Waals surface area (Å²) in [6, 6.07) is 2.02. The number of rotatable bonds is 5. The Morgan fingerprint density at radius 3 is 2.65 bits per heavy atom. The average molecular weight is 327 g/mol. The average Bonchev–Trinajstić information content (AvgIpc) is 2.36. The molecule has 112 valence electrons. The number of hydrogen-bond donors (Lipinski definition) is 2. The van der Waals surface area contributed by atoms with Gasteiger partial charge in [-0.25, -0.2) is 0 Å². The van der Waals surface area contributed by atoms with E-state index in [1.165, 1.54) is 0 Å². The molecule has 1 rings (SSSR count). The van der Waals surface area contributed by atoms with Crippen LogP contribution in [0.4, 0.5) is 18.9 Å². The highest BCUT2D eigenvalue weighted by Gasteiger charge is 2.31. The van der Waals surface area contributed by atoms with Crippen molar-refractivity contribution in [1.29, 1.82) is 0 Å². The third-order valence-corrected chi connectivity index (χ3v) is 3.48. The molecule has 0 unspecified atom stereocenters. The molecule has 0 saturated heterocycles. The van der Waals surface area contributed by atoms with Gasteiger partial charge < -0.3 is 11.1 Å². The van der Waals surface area contributed by atoms with Gasteiger partial charge in [0, 0.05) is 0 Å². The number of anilines is 1. The maximum Gasteiger partial charge on any atom is 0.416 e. The maximum absolute atomic E-state index is 12.5. The minimum atomic E-state index is -4.47. The van der Waals surface area contributed by atoms with Gasteiger partial charge in [0.05, 0.1) is 22.3 Å². The molecule has 3 nitrogen and oxygen atoms in total. The van der Waals surface area contributed by atoms with Gasteiger partial charge in [-0.15, -0.1) is 0 Å². The molecule has 8 heteroatoms. The van der Waals surface area contributed by atoms with E-state index in [0.29, 0.717) is 6.42 Å². The van der Waals surface area contributed by atoms with Crippen molar-refractivity contribution >= 4 is 35.0 Å². The number of benzene rings is 1. The molecule has 1 aromatic rings. The number of nitrogens with two attached hydrogens (primary N) is 1. The lowest BCUT2D eigenvalue weighted by molar-refractivity contribution is -0.137. The highest BCUT2D eigenvalue weighted by Crippen LogP contribution is 2.33. The molecule has 0 aromatic heterocycles. The summed E-state index contributed by atoms with van der Waals surface area (Å²) in [5.74, 6) is 0.246. The van der Waals surface area contributed by atoms with Crippen LogP contribution >= 0.6 is 23.4 Å². The lowest BCUT2D eigenvalue weighted by Crippen LogP contribution is -2.36. The molecule has 0 aliphatic carbocycles. The quantitative estimate of drug-likeness (QED) is 0.872. The van der Waals surface area contributed by atoms with E-state index in [4.69, 9.17) is 17.3 Å². The zero-order valence-corrected chi connectivity index (χ0v) is 12.2. The lowest BCUT2D eigenvalue weighted by Gasteiger charge is -2.14. The van der Waals surface area contributed by atoms with Crippen molar-refractivity contribution in [2.45, 2.75) is 18.6 Å². The summed E-state index contributed by atoms with van der Waals surface area (Å²) >= 11 is 7.28. The zero-order chi connectivity index (χ0) is 15.3. The largest absolute Gasteiger partial charge is 0.416 e. The van der Waals surface area contributed by atoms with Gasteiger partial charge in [-0.2, -0.15) is 24.9 Å². The van der Waals surface area contributed by atoms with Crippen molar-refractivity contribution in [3.8, 4) is 0 Å². The van der Waals surface area contributed by atoms with Gasteiger partial charge in [0.1, 0.15) is 0 Å². The second-order valence-electron chi connectivity index (χ2n) is 4.07. The van der Waals surface area contributed by atoms with E-state index >= 15 is 0 Å². The summed E-state index contributed by atoms with van der Waals surface area (Å²) < 4.78 is 37.4. The van der Waals surface area contributed by atoms with E-state index in [2.05, 4.69) is 5.32 Å². The maximum atomic E-state index is 12.5. The fourth-order valence-corrected chi connectivity index (χ4v) is 2.11. The molecule has 0 fully saturated rings. The minimum Gasteiger partial charge on any atom is -0.323 e. The Hall–Kier alpha value is -0.920. The number of carbonyl (C=O) groups is 1. The highest BCUT2D eigenvalue weighted by molar-refractivity contribution is 7.98. The van der Waals surface area contributed by atoms with Crippen molar-refractivity contribution in [3.63, 3.8) is 0 Å². The predicted molar refractivity (Wildman–Crippen MR) is 76.1 cm³/mol. The molecule has 1 atom stereocenters. The zero-order valence-electron chi connectivity index (χ0n) is 10.6. The fourth-order valence-electron chi connectivity index (χ4n) is 1.39. The molecular weight excluding hydrogens is 313 g/mol. The van der Waals surface area contributed by atoms with E-state index in [0.717, 1.165) is 24.0 Å². The molecule has 20 heavy (non-hydrogen) atoms. The molecule has 3 N–H and O–H groups in total. The van der Waals surface area contributed by atoms with Crippen LogP contribution in [0.3, 0.4) is 0 Å². The van der Waals surface area contributed by atoms with Crippen LogP contribution in [0, 0.1) is 0 Å². The monoisotopic (exact) mass is 326 g/mol. The van der Waals surface area contributed by atoms with Crippen LogP contribution in [-0.4, -0.2) is 24.0 Å². The summed E-state index contributed by atoms with van der Waals surface area (Å²) in [6.07, 6.45) is -2.11. The minimum absolute atomic E-state index is 0.115.